The number of rotatable bonds is 2. The minimum atomic E-state index is -0.372. The lowest BCUT2D eigenvalue weighted by Gasteiger charge is -2.40. The van der Waals surface area contributed by atoms with Gasteiger partial charge in [-0.2, -0.15) is 0 Å². The van der Waals surface area contributed by atoms with Crippen molar-refractivity contribution in [3.8, 4) is 0 Å². The Hall–Kier alpha value is -1.43. The average molecular weight is 318 g/mol. The van der Waals surface area contributed by atoms with Gasteiger partial charge in [-0.1, -0.05) is 23.8 Å². The summed E-state index contributed by atoms with van der Waals surface area (Å²) in [6, 6.07) is 6.47. The topological polar surface area (TPSA) is 50.8 Å². The molecule has 23 heavy (non-hydrogen) atoms. The smallest absolute Gasteiger partial charge is 0.253 e. The Kier molecular flexibility index (Phi) is 4.99. The quantitative estimate of drug-likeness (QED) is 0.899. The summed E-state index contributed by atoms with van der Waals surface area (Å²) >= 11 is 0. The van der Waals surface area contributed by atoms with E-state index in [9.17, 15) is 4.79 Å². The molecule has 2 heterocycles. The molecule has 3 rings (SSSR count). The first-order valence-corrected chi connectivity index (χ1v) is 8.38. The third-order valence-corrected chi connectivity index (χ3v) is 4.70. The lowest BCUT2D eigenvalue weighted by atomic mass is 9.98. The van der Waals surface area contributed by atoms with Gasteiger partial charge in [-0.3, -0.25) is 4.79 Å². The van der Waals surface area contributed by atoms with Gasteiger partial charge in [0.25, 0.3) is 5.91 Å². The lowest BCUT2D eigenvalue weighted by molar-refractivity contribution is -0.158. The molecule has 0 saturated carbocycles. The van der Waals surface area contributed by atoms with Crippen LogP contribution in [0.2, 0.25) is 0 Å². The van der Waals surface area contributed by atoms with Crippen molar-refractivity contribution in [3.63, 3.8) is 0 Å². The fourth-order valence-electron chi connectivity index (χ4n) is 3.27. The maximum absolute atomic E-state index is 12.8. The van der Waals surface area contributed by atoms with Crippen molar-refractivity contribution in [2.24, 2.45) is 0 Å². The number of amides is 1. The highest BCUT2D eigenvalue weighted by Gasteiger charge is 2.35. The third-order valence-electron chi connectivity index (χ3n) is 4.70. The first-order chi connectivity index (χ1) is 11.1. The zero-order valence-corrected chi connectivity index (χ0v) is 14.2. The van der Waals surface area contributed by atoms with Gasteiger partial charge in [0, 0.05) is 13.1 Å². The molecule has 0 bridgehead atoms. The van der Waals surface area contributed by atoms with Crippen molar-refractivity contribution in [2.45, 2.75) is 39.0 Å². The molecule has 0 aromatic heterocycles. The van der Waals surface area contributed by atoms with Crippen LogP contribution in [0.1, 0.15) is 29.7 Å². The monoisotopic (exact) mass is 318 g/mol. The van der Waals surface area contributed by atoms with Crippen molar-refractivity contribution in [1.29, 1.82) is 0 Å². The van der Waals surface area contributed by atoms with Crippen LogP contribution in [0.4, 0.5) is 0 Å². The lowest BCUT2D eigenvalue weighted by Crippen LogP contribution is -2.55. The van der Waals surface area contributed by atoms with Gasteiger partial charge in [-0.25, -0.2) is 0 Å². The van der Waals surface area contributed by atoms with Crippen LogP contribution < -0.4 is 5.32 Å². The maximum Gasteiger partial charge on any atom is 0.253 e. The summed E-state index contributed by atoms with van der Waals surface area (Å²) < 4.78 is 11.7. The van der Waals surface area contributed by atoms with E-state index in [1.807, 2.05) is 11.8 Å². The molecule has 5 heteroatoms. The van der Waals surface area contributed by atoms with Crippen LogP contribution in [0.25, 0.3) is 0 Å². The number of morpholine rings is 2. The highest BCUT2D eigenvalue weighted by atomic mass is 16.5. The molecule has 2 fully saturated rings. The molecule has 1 N–H and O–H groups in total. The third kappa shape index (κ3) is 3.57. The average Bonchev–Trinajstić information content (AvgIpc) is 2.58. The Morgan fingerprint density at radius 1 is 1.30 bits per heavy atom. The number of carbonyl (C=O) groups excluding carboxylic acids is 1. The number of hydrogen-bond donors (Lipinski definition) is 1. The van der Waals surface area contributed by atoms with Crippen molar-refractivity contribution in [3.05, 3.63) is 34.9 Å². The minimum absolute atomic E-state index is 0.0633. The Bertz CT molecular complexity index is 569. The normalized spacial score (nSPS) is 28.7. The van der Waals surface area contributed by atoms with Crippen LogP contribution in [0.5, 0.6) is 0 Å². The first kappa shape index (κ1) is 16.4. The zero-order chi connectivity index (χ0) is 16.4. The van der Waals surface area contributed by atoms with Crippen LogP contribution in [0, 0.1) is 13.8 Å². The number of hydrogen-bond acceptors (Lipinski definition) is 4. The Balaban J connectivity index is 1.76. The second kappa shape index (κ2) is 6.99. The zero-order valence-electron chi connectivity index (χ0n) is 14.2. The van der Waals surface area contributed by atoms with Gasteiger partial charge >= 0.3 is 0 Å². The van der Waals surface area contributed by atoms with Gasteiger partial charge in [0.15, 0.2) is 0 Å². The van der Waals surface area contributed by atoms with E-state index in [1.54, 1.807) is 0 Å². The predicted molar refractivity (Wildman–Crippen MR) is 88.4 cm³/mol. The molecule has 2 aliphatic rings. The van der Waals surface area contributed by atoms with E-state index in [4.69, 9.17) is 9.47 Å². The number of nitrogens with zero attached hydrogens (tertiary/aromatic N) is 1. The van der Waals surface area contributed by atoms with Crippen LogP contribution >= 0.6 is 0 Å². The molecular formula is C18H26N2O3. The maximum atomic E-state index is 12.8. The largest absolute Gasteiger partial charge is 0.370 e. The van der Waals surface area contributed by atoms with Gasteiger partial charge in [0.1, 0.15) is 12.2 Å². The molecule has 1 aromatic rings. The number of aryl methyl sites for hydroxylation is 2. The fourth-order valence-corrected chi connectivity index (χ4v) is 3.27. The highest BCUT2D eigenvalue weighted by Crippen LogP contribution is 2.28. The summed E-state index contributed by atoms with van der Waals surface area (Å²) in [5, 5.41) is 3.23. The van der Waals surface area contributed by atoms with Crippen LogP contribution in [0.15, 0.2) is 18.2 Å². The molecule has 2 saturated heterocycles. The summed E-state index contributed by atoms with van der Waals surface area (Å²) in [6.07, 6.45) is -0.435. The molecule has 3 atom stereocenters. The molecule has 0 spiro atoms. The van der Waals surface area contributed by atoms with Gasteiger partial charge in [0.05, 0.1) is 25.8 Å². The molecule has 0 radical (unpaired) electrons. The summed E-state index contributed by atoms with van der Waals surface area (Å²) in [6.45, 7) is 9.36. The number of benzene rings is 1. The summed E-state index contributed by atoms with van der Waals surface area (Å²) in [5.41, 5.74) is 3.60. The number of ether oxygens (including phenoxy) is 2. The SMILES string of the molecule is Cc1ccc(C)c([C@@H]2CN(C(=O)[C@H]3CNCCO3)[C@@H](C)CO2)c1. The molecule has 0 unspecified atom stereocenters. The second-order valence-electron chi connectivity index (χ2n) is 6.59. The first-order valence-electron chi connectivity index (χ1n) is 8.38. The summed E-state index contributed by atoms with van der Waals surface area (Å²) in [5.74, 6) is 0.0725. The van der Waals surface area contributed by atoms with Crippen molar-refractivity contribution < 1.29 is 14.3 Å². The van der Waals surface area contributed by atoms with Crippen molar-refractivity contribution in [1.82, 2.24) is 10.2 Å². The predicted octanol–water partition coefficient (Wildman–Crippen LogP) is 1.58. The van der Waals surface area contributed by atoms with Crippen molar-refractivity contribution >= 4 is 5.91 Å². The molecule has 5 nitrogen and oxygen atoms in total. The van der Waals surface area contributed by atoms with E-state index in [2.05, 4.69) is 37.4 Å². The van der Waals surface area contributed by atoms with Gasteiger partial charge in [-0.15, -0.1) is 0 Å². The molecule has 2 aliphatic heterocycles. The van der Waals surface area contributed by atoms with E-state index < -0.39 is 0 Å². The van der Waals surface area contributed by atoms with Gasteiger partial charge < -0.3 is 19.7 Å². The van der Waals surface area contributed by atoms with E-state index >= 15 is 0 Å². The minimum Gasteiger partial charge on any atom is -0.370 e. The second-order valence-corrected chi connectivity index (χ2v) is 6.59. The van der Waals surface area contributed by atoms with E-state index in [0.717, 1.165) is 6.54 Å². The van der Waals surface area contributed by atoms with Crippen LogP contribution in [0.3, 0.4) is 0 Å². The number of carbonyl (C=O) groups is 1. The van der Waals surface area contributed by atoms with Crippen LogP contribution in [-0.2, 0) is 14.3 Å². The Morgan fingerprint density at radius 2 is 2.13 bits per heavy atom. The van der Waals surface area contributed by atoms with E-state index in [-0.39, 0.29) is 24.2 Å². The Labute approximate surface area is 137 Å². The summed E-state index contributed by atoms with van der Waals surface area (Å²) in [7, 11) is 0. The standard InChI is InChI=1S/C18H26N2O3/c1-12-4-5-13(2)15(8-12)17-10-20(14(3)11-23-17)18(21)16-9-19-6-7-22-16/h4-5,8,14,16-17,19H,6-7,9-11H2,1-3H3/t14-,16+,17-/m0/s1. The highest BCUT2D eigenvalue weighted by molar-refractivity contribution is 5.81. The molecule has 1 amide bonds. The molecule has 126 valence electrons. The van der Waals surface area contributed by atoms with E-state index in [0.29, 0.717) is 26.3 Å². The Morgan fingerprint density at radius 3 is 2.87 bits per heavy atom. The molecular weight excluding hydrogens is 292 g/mol. The van der Waals surface area contributed by atoms with Crippen LogP contribution in [-0.4, -0.2) is 55.8 Å². The number of nitrogens with one attached hydrogen (secondary N) is 1. The fraction of sp³-hybridized carbons (Fsp3) is 0.611. The van der Waals surface area contributed by atoms with E-state index in [1.165, 1.54) is 16.7 Å². The van der Waals surface area contributed by atoms with Gasteiger partial charge in [0.2, 0.25) is 0 Å². The summed E-state index contributed by atoms with van der Waals surface area (Å²) in [4.78, 5) is 14.7. The van der Waals surface area contributed by atoms with Crippen molar-refractivity contribution in [2.75, 3.05) is 32.8 Å². The molecule has 1 aromatic carbocycles. The van der Waals surface area contributed by atoms with Gasteiger partial charge in [-0.05, 0) is 31.9 Å². The molecule has 0 aliphatic carbocycles.